The summed E-state index contributed by atoms with van der Waals surface area (Å²) in [5.74, 6) is 0.479. The molecule has 1 amide bonds. The van der Waals surface area contributed by atoms with Crippen LogP contribution in [0.25, 0.3) is 0 Å². The summed E-state index contributed by atoms with van der Waals surface area (Å²) in [6.07, 6.45) is 7.66. The lowest BCUT2D eigenvalue weighted by Crippen LogP contribution is -2.35. The van der Waals surface area contributed by atoms with E-state index in [9.17, 15) is 9.59 Å². The Morgan fingerprint density at radius 1 is 1.22 bits per heavy atom. The first-order valence-corrected chi connectivity index (χ1v) is 11.3. The Kier molecular flexibility index (Phi) is 5.36. The van der Waals surface area contributed by atoms with Gasteiger partial charge in [-0.3, -0.25) is 14.3 Å². The molecule has 0 saturated heterocycles. The van der Waals surface area contributed by atoms with Crippen molar-refractivity contribution in [3.63, 3.8) is 0 Å². The van der Waals surface area contributed by atoms with Crippen molar-refractivity contribution in [2.75, 3.05) is 6.61 Å². The average Bonchev–Trinajstić information content (AvgIpc) is 3.54. The van der Waals surface area contributed by atoms with Gasteiger partial charge in [-0.05, 0) is 43.0 Å². The standard InChI is InChI=1S/C24H28N4O4/c1-15-21(24(30)28(27(15)2)18-6-4-3-5-7-18)22(25-23(29)19-11-13-32-26-19)17-8-9-20-16(14-17)10-12-31-20/h8-9,11,13-14,18,22H,3-7,10,12H2,1-2H3,(H,25,29). The third-order valence-corrected chi connectivity index (χ3v) is 6.84. The van der Waals surface area contributed by atoms with Crippen LogP contribution in [0, 0.1) is 6.92 Å². The molecule has 1 aliphatic heterocycles. The molecule has 3 aromatic rings. The van der Waals surface area contributed by atoms with Crippen LogP contribution in [0.15, 0.2) is 39.8 Å². The lowest BCUT2D eigenvalue weighted by Gasteiger charge is -2.24. The number of ether oxygens (including phenoxy) is 1. The molecule has 1 aliphatic carbocycles. The minimum absolute atomic E-state index is 0.0425. The van der Waals surface area contributed by atoms with E-state index >= 15 is 0 Å². The maximum atomic E-state index is 13.8. The van der Waals surface area contributed by atoms with E-state index in [1.54, 1.807) is 0 Å². The molecule has 1 fully saturated rings. The van der Waals surface area contributed by atoms with E-state index < -0.39 is 6.04 Å². The summed E-state index contributed by atoms with van der Waals surface area (Å²) in [6.45, 7) is 2.59. The van der Waals surface area contributed by atoms with Gasteiger partial charge in [-0.1, -0.05) is 30.5 Å². The third-order valence-electron chi connectivity index (χ3n) is 6.84. The Hall–Kier alpha value is -3.29. The Labute approximate surface area is 186 Å². The molecule has 1 atom stereocenters. The Morgan fingerprint density at radius 3 is 2.78 bits per heavy atom. The van der Waals surface area contributed by atoms with E-state index in [4.69, 9.17) is 9.26 Å². The molecule has 8 heteroatoms. The van der Waals surface area contributed by atoms with Crippen molar-refractivity contribution in [2.45, 2.75) is 57.5 Å². The maximum Gasteiger partial charge on any atom is 0.274 e. The zero-order chi connectivity index (χ0) is 22.2. The SMILES string of the molecule is Cc1c(C(NC(=O)c2ccon2)c2ccc3c(c2)CCO3)c(=O)n(C2CCCCC2)n1C. The third kappa shape index (κ3) is 3.53. The molecule has 1 N–H and O–H groups in total. The molecule has 1 unspecified atom stereocenters. The van der Waals surface area contributed by atoms with Crippen LogP contribution in [0.2, 0.25) is 0 Å². The number of nitrogens with zero attached hydrogens (tertiary/aromatic N) is 3. The molecule has 5 rings (SSSR count). The van der Waals surface area contributed by atoms with Gasteiger partial charge in [0.25, 0.3) is 11.5 Å². The van der Waals surface area contributed by atoms with Gasteiger partial charge in [-0.25, -0.2) is 4.68 Å². The molecule has 0 spiro atoms. The summed E-state index contributed by atoms with van der Waals surface area (Å²) in [4.78, 5) is 26.7. The van der Waals surface area contributed by atoms with Crippen molar-refractivity contribution >= 4 is 5.91 Å². The minimum Gasteiger partial charge on any atom is -0.493 e. The van der Waals surface area contributed by atoms with E-state index in [0.29, 0.717) is 12.2 Å². The monoisotopic (exact) mass is 436 g/mol. The Morgan fingerprint density at radius 2 is 2.03 bits per heavy atom. The largest absolute Gasteiger partial charge is 0.493 e. The van der Waals surface area contributed by atoms with Gasteiger partial charge in [0, 0.05) is 25.2 Å². The van der Waals surface area contributed by atoms with Crippen molar-refractivity contribution in [2.24, 2.45) is 7.05 Å². The second-order valence-corrected chi connectivity index (χ2v) is 8.72. The summed E-state index contributed by atoms with van der Waals surface area (Å²) >= 11 is 0. The summed E-state index contributed by atoms with van der Waals surface area (Å²) in [5.41, 5.74) is 3.52. The summed E-state index contributed by atoms with van der Waals surface area (Å²) in [6, 6.07) is 6.98. The fraction of sp³-hybridized carbons (Fsp3) is 0.458. The van der Waals surface area contributed by atoms with Crippen molar-refractivity contribution in [3.05, 3.63) is 69.0 Å². The maximum absolute atomic E-state index is 13.8. The Balaban J connectivity index is 1.60. The first-order valence-electron chi connectivity index (χ1n) is 11.3. The second kappa shape index (κ2) is 8.33. The van der Waals surface area contributed by atoms with E-state index in [1.807, 2.05) is 41.5 Å². The van der Waals surface area contributed by atoms with Crippen LogP contribution < -0.4 is 15.6 Å². The molecule has 1 aromatic carbocycles. The van der Waals surface area contributed by atoms with Gasteiger partial charge in [-0.15, -0.1) is 0 Å². The summed E-state index contributed by atoms with van der Waals surface area (Å²) in [7, 11) is 1.93. The highest BCUT2D eigenvalue weighted by Crippen LogP contribution is 2.33. The van der Waals surface area contributed by atoms with E-state index in [0.717, 1.165) is 54.7 Å². The van der Waals surface area contributed by atoms with E-state index in [1.165, 1.54) is 18.8 Å². The van der Waals surface area contributed by atoms with Gasteiger partial charge in [-0.2, -0.15) is 0 Å². The van der Waals surface area contributed by atoms with Gasteiger partial charge in [0.1, 0.15) is 12.0 Å². The number of hydrogen-bond acceptors (Lipinski definition) is 5. The number of carbonyl (C=O) groups is 1. The molecule has 32 heavy (non-hydrogen) atoms. The average molecular weight is 437 g/mol. The Bertz CT molecular complexity index is 1190. The summed E-state index contributed by atoms with van der Waals surface area (Å²) < 4.78 is 14.3. The molecule has 2 aromatic heterocycles. The van der Waals surface area contributed by atoms with Crippen LogP contribution in [0.4, 0.5) is 0 Å². The van der Waals surface area contributed by atoms with Crippen LogP contribution in [0.1, 0.15) is 77.1 Å². The van der Waals surface area contributed by atoms with Crippen LogP contribution in [0.3, 0.4) is 0 Å². The molecule has 2 aliphatic rings. The van der Waals surface area contributed by atoms with Crippen molar-refractivity contribution in [3.8, 4) is 5.75 Å². The topological polar surface area (TPSA) is 91.3 Å². The number of hydrogen-bond donors (Lipinski definition) is 1. The fourth-order valence-electron chi connectivity index (χ4n) is 5.06. The molecular weight excluding hydrogens is 408 g/mol. The zero-order valence-corrected chi connectivity index (χ0v) is 18.5. The quantitative estimate of drug-likeness (QED) is 0.662. The predicted molar refractivity (Wildman–Crippen MR) is 118 cm³/mol. The molecular formula is C24H28N4O4. The van der Waals surface area contributed by atoms with E-state index in [-0.39, 0.29) is 23.2 Å². The summed E-state index contributed by atoms with van der Waals surface area (Å²) in [5, 5.41) is 6.80. The van der Waals surface area contributed by atoms with Crippen LogP contribution >= 0.6 is 0 Å². The number of nitrogens with one attached hydrogen (secondary N) is 1. The first kappa shape index (κ1) is 20.6. The number of rotatable bonds is 5. The molecule has 0 bridgehead atoms. The zero-order valence-electron chi connectivity index (χ0n) is 18.5. The number of benzene rings is 1. The van der Waals surface area contributed by atoms with Gasteiger partial charge >= 0.3 is 0 Å². The van der Waals surface area contributed by atoms with Crippen LogP contribution in [-0.4, -0.2) is 27.0 Å². The molecule has 8 nitrogen and oxygen atoms in total. The normalized spacial score (nSPS) is 17.1. The van der Waals surface area contributed by atoms with Crippen LogP contribution in [-0.2, 0) is 13.5 Å². The number of aromatic nitrogens is 3. The first-order chi connectivity index (χ1) is 15.5. The number of fused-ring (bicyclic) bond motifs is 1. The molecule has 168 valence electrons. The fourth-order valence-corrected chi connectivity index (χ4v) is 5.06. The van der Waals surface area contributed by atoms with Crippen LogP contribution in [0.5, 0.6) is 5.75 Å². The molecule has 3 heterocycles. The lowest BCUT2D eigenvalue weighted by molar-refractivity contribution is 0.0933. The van der Waals surface area contributed by atoms with E-state index in [2.05, 4.69) is 10.5 Å². The highest BCUT2D eigenvalue weighted by Gasteiger charge is 2.30. The van der Waals surface area contributed by atoms with Gasteiger partial charge in [0.15, 0.2) is 5.69 Å². The van der Waals surface area contributed by atoms with Gasteiger partial charge in [0.2, 0.25) is 0 Å². The highest BCUT2D eigenvalue weighted by molar-refractivity contribution is 5.92. The molecule has 0 radical (unpaired) electrons. The molecule has 1 saturated carbocycles. The van der Waals surface area contributed by atoms with Gasteiger partial charge in [0.05, 0.1) is 24.3 Å². The van der Waals surface area contributed by atoms with Crippen molar-refractivity contribution in [1.82, 2.24) is 19.8 Å². The smallest absolute Gasteiger partial charge is 0.274 e. The van der Waals surface area contributed by atoms with Crippen molar-refractivity contribution in [1.29, 1.82) is 0 Å². The lowest BCUT2D eigenvalue weighted by atomic mass is 9.95. The van der Waals surface area contributed by atoms with Gasteiger partial charge < -0.3 is 14.6 Å². The second-order valence-electron chi connectivity index (χ2n) is 8.72. The minimum atomic E-state index is -0.603. The highest BCUT2D eigenvalue weighted by atomic mass is 16.5. The number of amides is 1. The number of carbonyl (C=O) groups excluding carboxylic acids is 1. The van der Waals surface area contributed by atoms with Crippen molar-refractivity contribution < 1.29 is 14.1 Å². The predicted octanol–water partition coefficient (Wildman–Crippen LogP) is 3.44.